The molecule has 5 heteroatoms. The van der Waals surface area contributed by atoms with Crippen molar-refractivity contribution in [3.05, 3.63) is 17.0 Å². The highest BCUT2D eigenvalue weighted by Gasteiger charge is 2.31. The monoisotopic (exact) mass is 249 g/mol. The average Bonchev–Trinajstić information content (AvgIpc) is 3.00. The molecule has 1 heterocycles. The first-order valence-electron chi connectivity index (χ1n) is 6.77. The Morgan fingerprint density at radius 1 is 1.28 bits per heavy atom. The molecule has 0 atom stereocenters. The Morgan fingerprint density at radius 2 is 2.06 bits per heavy atom. The van der Waals surface area contributed by atoms with E-state index in [0.717, 1.165) is 50.0 Å². The van der Waals surface area contributed by atoms with Crippen molar-refractivity contribution in [3.8, 4) is 0 Å². The number of carbonyl (C=O) groups excluding carboxylic acids is 1. The Hall–Kier alpha value is -1.36. The molecule has 98 valence electrons. The van der Waals surface area contributed by atoms with Gasteiger partial charge in [0.05, 0.1) is 5.69 Å². The van der Waals surface area contributed by atoms with Crippen LogP contribution in [0.3, 0.4) is 0 Å². The molecule has 0 aromatic carbocycles. The SMILES string of the molecule is NNC(=O)[C@H]1CC[C@H](c2noc3c2CCC3)CC1. The molecule has 1 aromatic rings. The van der Waals surface area contributed by atoms with Gasteiger partial charge in [0.25, 0.3) is 0 Å². The first-order chi connectivity index (χ1) is 8.79. The van der Waals surface area contributed by atoms with Crippen molar-refractivity contribution in [1.29, 1.82) is 0 Å². The summed E-state index contributed by atoms with van der Waals surface area (Å²) in [5.41, 5.74) is 4.76. The van der Waals surface area contributed by atoms with E-state index in [0.29, 0.717) is 5.92 Å². The van der Waals surface area contributed by atoms with Gasteiger partial charge in [0.1, 0.15) is 5.76 Å². The maximum atomic E-state index is 11.5. The van der Waals surface area contributed by atoms with Gasteiger partial charge in [-0.25, -0.2) is 5.84 Å². The van der Waals surface area contributed by atoms with E-state index in [2.05, 4.69) is 10.6 Å². The van der Waals surface area contributed by atoms with Gasteiger partial charge in [-0.3, -0.25) is 10.2 Å². The molecule has 0 spiro atoms. The third-order valence-electron chi connectivity index (χ3n) is 4.36. The summed E-state index contributed by atoms with van der Waals surface area (Å²) in [4.78, 5) is 11.5. The molecule has 5 nitrogen and oxygen atoms in total. The van der Waals surface area contributed by atoms with Gasteiger partial charge in [-0.05, 0) is 38.5 Å². The van der Waals surface area contributed by atoms with Crippen molar-refractivity contribution >= 4 is 5.91 Å². The van der Waals surface area contributed by atoms with Gasteiger partial charge >= 0.3 is 0 Å². The Bertz CT molecular complexity index is 447. The number of nitrogens with two attached hydrogens (primary N) is 1. The summed E-state index contributed by atoms with van der Waals surface area (Å²) in [6, 6.07) is 0. The molecule has 1 amide bonds. The number of nitrogens with zero attached hydrogens (tertiary/aromatic N) is 1. The molecule has 2 aliphatic carbocycles. The lowest BCUT2D eigenvalue weighted by Gasteiger charge is -2.26. The quantitative estimate of drug-likeness (QED) is 0.472. The number of aromatic nitrogens is 1. The number of nitrogens with one attached hydrogen (secondary N) is 1. The summed E-state index contributed by atoms with van der Waals surface area (Å²) < 4.78 is 5.41. The molecular formula is C13H19N3O2. The van der Waals surface area contributed by atoms with E-state index in [-0.39, 0.29) is 11.8 Å². The second kappa shape index (κ2) is 4.72. The smallest absolute Gasteiger partial charge is 0.236 e. The van der Waals surface area contributed by atoms with Crippen LogP contribution in [0.1, 0.15) is 55.0 Å². The lowest BCUT2D eigenvalue weighted by molar-refractivity contribution is -0.126. The largest absolute Gasteiger partial charge is 0.361 e. The molecule has 2 aliphatic rings. The summed E-state index contributed by atoms with van der Waals surface area (Å²) in [6.07, 6.45) is 7.15. The average molecular weight is 249 g/mol. The zero-order valence-electron chi connectivity index (χ0n) is 10.4. The second-order valence-electron chi connectivity index (χ2n) is 5.38. The number of aryl methyl sites for hydroxylation is 1. The Kier molecular flexibility index (Phi) is 3.07. The fourth-order valence-corrected chi connectivity index (χ4v) is 3.31. The van der Waals surface area contributed by atoms with Crippen LogP contribution in [0.4, 0.5) is 0 Å². The van der Waals surface area contributed by atoms with E-state index in [9.17, 15) is 4.79 Å². The minimum atomic E-state index is -0.0289. The van der Waals surface area contributed by atoms with Gasteiger partial charge in [-0.2, -0.15) is 0 Å². The molecule has 1 aromatic heterocycles. The molecule has 18 heavy (non-hydrogen) atoms. The number of hydrazine groups is 1. The van der Waals surface area contributed by atoms with E-state index in [4.69, 9.17) is 10.4 Å². The van der Waals surface area contributed by atoms with E-state index < -0.39 is 0 Å². The lowest BCUT2D eigenvalue weighted by atomic mass is 9.79. The van der Waals surface area contributed by atoms with Crippen molar-refractivity contribution in [2.24, 2.45) is 11.8 Å². The predicted molar refractivity (Wildman–Crippen MR) is 65.6 cm³/mol. The van der Waals surface area contributed by atoms with Crippen LogP contribution < -0.4 is 11.3 Å². The summed E-state index contributed by atoms with van der Waals surface area (Å²) in [5.74, 6) is 6.78. The van der Waals surface area contributed by atoms with Crippen LogP contribution in [0.15, 0.2) is 4.52 Å². The maximum Gasteiger partial charge on any atom is 0.236 e. The number of fused-ring (bicyclic) bond motifs is 1. The highest BCUT2D eigenvalue weighted by molar-refractivity contribution is 5.78. The highest BCUT2D eigenvalue weighted by Crippen LogP contribution is 2.39. The molecule has 0 unspecified atom stereocenters. The standard InChI is InChI=1S/C13H19N3O2/c14-15-13(17)9-6-4-8(5-7-9)12-10-2-1-3-11(10)18-16-12/h8-9H,1-7,14H2,(H,15,17)/t8-,9-. The minimum Gasteiger partial charge on any atom is -0.361 e. The summed E-state index contributed by atoms with van der Waals surface area (Å²) >= 11 is 0. The van der Waals surface area contributed by atoms with Crippen LogP contribution >= 0.6 is 0 Å². The minimum absolute atomic E-state index is 0.0289. The third kappa shape index (κ3) is 1.92. The number of amides is 1. The van der Waals surface area contributed by atoms with Gasteiger partial charge in [-0.15, -0.1) is 0 Å². The van der Waals surface area contributed by atoms with Crippen molar-refractivity contribution < 1.29 is 9.32 Å². The van der Waals surface area contributed by atoms with Gasteiger partial charge in [-0.1, -0.05) is 5.16 Å². The van der Waals surface area contributed by atoms with Crippen LogP contribution in [0.25, 0.3) is 0 Å². The zero-order chi connectivity index (χ0) is 12.5. The molecular weight excluding hydrogens is 230 g/mol. The third-order valence-corrected chi connectivity index (χ3v) is 4.36. The van der Waals surface area contributed by atoms with Crippen molar-refractivity contribution in [2.45, 2.75) is 50.9 Å². The number of rotatable bonds is 2. The molecule has 0 bridgehead atoms. The van der Waals surface area contributed by atoms with Crippen LogP contribution in [-0.4, -0.2) is 11.1 Å². The second-order valence-corrected chi connectivity index (χ2v) is 5.38. The number of carbonyl (C=O) groups is 1. The first kappa shape index (κ1) is 11.7. The predicted octanol–water partition coefficient (Wildman–Crippen LogP) is 1.43. The highest BCUT2D eigenvalue weighted by atomic mass is 16.5. The topological polar surface area (TPSA) is 81.1 Å². The van der Waals surface area contributed by atoms with Crippen LogP contribution in [-0.2, 0) is 17.6 Å². The summed E-state index contributed by atoms with van der Waals surface area (Å²) in [6.45, 7) is 0. The van der Waals surface area contributed by atoms with Crippen molar-refractivity contribution in [3.63, 3.8) is 0 Å². The molecule has 0 radical (unpaired) electrons. The Labute approximate surface area is 106 Å². The van der Waals surface area contributed by atoms with E-state index in [1.165, 1.54) is 12.0 Å². The van der Waals surface area contributed by atoms with E-state index >= 15 is 0 Å². The maximum absolute atomic E-state index is 11.5. The normalized spacial score (nSPS) is 26.9. The molecule has 3 N–H and O–H groups in total. The molecule has 3 rings (SSSR count). The number of hydrogen-bond acceptors (Lipinski definition) is 4. The fourth-order valence-electron chi connectivity index (χ4n) is 3.31. The van der Waals surface area contributed by atoms with E-state index in [1.807, 2.05) is 0 Å². The molecule has 1 fully saturated rings. The fraction of sp³-hybridized carbons (Fsp3) is 0.692. The van der Waals surface area contributed by atoms with Crippen LogP contribution in [0.5, 0.6) is 0 Å². The van der Waals surface area contributed by atoms with Crippen molar-refractivity contribution in [1.82, 2.24) is 10.6 Å². The Morgan fingerprint density at radius 3 is 2.78 bits per heavy atom. The van der Waals surface area contributed by atoms with E-state index in [1.54, 1.807) is 0 Å². The van der Waals surface area contributed by atoms with Gasteiger partial charge in [0.2, 0.25) is 5.91 Å². The van der Waals surface area contributed by atoms with Gasteiger partial charge in [0, 0.05) is 23.8 Å². The molecule has 1 saturated carbocycles. The van der Waals surface area contributed by atoms with Crippen LogP contribution in [0.2, 0.25) is 0 Å². The lowest BCUT2D eigenvalue weighted by Crippen LogP contribution is -2.37. The summed E-state index contributed by atoms with van der Waals surface area (Å²) in [5, 5.41) is 4.25. The molecule has 0 saturated heterocycles. The van der Waals surface area contributed by atoms with Crippen molar-refractivity contribution in [2.75, 3.05) is 0 Å². The van der Waals surface area contributed by atoms with Gasteiger partial charge < -0.3 is 4.52 Å². The Balaban J connectivity index is 1.67. The first-order valence-corrected chi connectivity index (χ1v) is 6.77. The molecule has 0 aliphatic heterocycles. The zero-order valence-corrected chi connectivity index (χ0v) is 10.4. The van der Waals surface area contributed by atoms with Crippen LogP contribution in [0, 0.1) is 5.92 Å². The summed E-state index contributed by atoms with van der Waals surface area (Å²) in [7, 11) is 0. The van der Waals surface area contributed by atoms with Gasteiger partial charge in [0.15, 0.2) is 0 Å². The number of hydrogen-bond donors (Lipinski definition) is 2.